The molecular weight excluding hydrogens is 136 g/mol. The van der Waals surface area contributed by atoms with Crippen molar-refractivity contribution in [3.05, 3.63) is 0 Å². The summed E-state index contributed by atoms with van der Waals surface area (Å²) in [7, 11) is 1.59. The van der Waals surface area contributed by atoms with Crippen LogP contribution in [0.4, 0.5) is 0 Å². The molecule has 4 nitrogen and oxygen atoms in total. The molecule has 0 saturated carbocycles. The topological polar surface area (TPSA) is 55.8 Å². The number of hydrogen-bond donors (Lipinski definition) is 1. The van der Waals surface area contributed by atoms with Gasteiger partial charge < -0.3 is 14.6 Å². The SMILES string of the molecule is COCCCOCC(=O)O. The van der Waals surface area contributed by atoms with Crippen LogP contribution in [0.5, 0.6) is 0 Å². The van der Waals surface area contributed by atoms with Gasteiger partial charge in [0.05, 0.1) is 0 Å². The second kappa shape index (κ2) is 6.51. The molecular formula is C6H12O4. The van der Waals surface area contributed by atoms with Crippen LogP contribution in [0, 0.1) is 0 Å². The maximum Gasteiger partial charge on any atom is 0.329 e. The van der Waals surface area contributed by atoms with Gasteiger partial charge in [-0.05, 0) is 6.42 Å². The highest BCUT2D eigenvalue weighted by Crippen LogP contribution is 1.82. The van der Waals surface area contributed by atoms with E-state index < -0.39 is 5.97 Å². The summed E-state index contributed by atoms with van der Waals surface area (Å²) in [5.74, 6) is -0.933. The molecule has 0 fully saturated rings. The molecule has 0 unspecified atom stereocenters. The van der Waals surface area contributed by atoms with Gasteiger partial charge >= 0.3 is 5.97 Å². The van der Waals surface area contributed by atoms with Crippen LogP contribution in [-0.4, -0.2) is 38.0 Å². The number of methoxy groups -OCH3 is 1. The molecule has 0 bridgehead atoms. The van der Waals surface area contributed by atoms with E-state index in [4.69, 9.17) is 14.6 Å². The zero-order chi connectivity index (χ0) is 7.82. The minimum Gasteiger partial charge on any atom is -0.480 e. The fourth-order valence-electron chi connectivity index (χ4n) is 0.465. The van der Waals surface area contributed by atoms with Crippen molar-refractivity contribution in [1.82, 2.24) is 0 Å². The van der Waals surface area contributed by atoms with E-state index in [9.17, 15) is 4.79 Å². The minimum atomic E-state index is -0.933. The van der Waals surface area contributed by atoms with Crippen LogP contribution in [0.25, 0.3) is 0 Å². The third-order valence-corrected chi connectivity index (χ3v) is 0.863. The zero-order valence-electron chi connectivity index (χ0n) is 6.00. The van der Waals surface area contributed by atoms with Gasteiger partial charge in [-0.2, -0.15) is 0 Å². The molecule has 0 aromatic rings. The van der Waals surface area contributed by atoms with Gasteiger partial charge in [0, 0.05) is 20.3 Å². The lowest BCUT2D eigenvalue weighted by Crippen LogP contribution is -2.08. The second-order valence-corrected chi connectivity index (χ2v) is 1.79. The predicted octanol–water partition coefficient (Wildman–Crippen LogP) is 0.124. The van der Waals surface area contributed by atoms with Crippen molar-refractivity contribution >= 4 is 5.97 Å². The maximum atomic E-state index is 9.88. The Labute approximate surface area is 59.7 Å². The molecule has 1 N–H and O–H groups in total. The van der Waals surface area contributed by atoms with Crippen LogP contribution >= 0.6 is 0 Å². The molecule has 0 rings (SSSR count). The van der Waals surface area contributed by atoms with Gasteiger partial charge in [-0.25, -0.2) is 4.79 Å². The van der Waals surface area contributed by atoms with Crippen LogP contribution in [-0.2, 0) is 14.3 Å². The number of ether oxygens (including phenoxy) is 2. The van der Waals surface area contributed by atoms with Crippen molar-refractivity contribution in [2.24, 2.45) is 0 Å². The van der Waals surface area contributed by atoms with Gasteiger partial charge in [-0.3, -0.25) is 0 Å². The largest absolute Gasteiger partial charge is 0.480 e. The van der Waals surface area contributed by atoms with E-state index in [1.54, 1.807) is 7.11 Å². The van der Waals surface area contributed by atoms with Gasteiger partial charge in [0.1, 0.15) is 6.61 Å². The van der Waals surface area contributed by atoms with Crippen molar-refractivity contribution in [3.63, 3.8) is 0 Å². The molecule has 0 atom stereocenters. The normalized spacial score (nSPS) is 9.70. The minimum absolute atomic E-state index is 0.219. The van der Waals surface area contributed by atoms with Gasteiger partial charge in [-0.15, -0.1) is 0 Å². The van der Waals surface area contributed by atoms with E-state index in [2.05, 4.69) is 0 Å². The monoisotopic (exact) mass is 148 g/mol. The first-order valence-corrected chi connectivity index (χ1v) is 3.06. The van der Waals surface area contributed by atoms with E-state index in [1.807, 2.05) is 0 Å². The molecule has 0 spiro atoms. The van der Waals surface area contributed by atoms with Crippen molar-refractivity contribution in [2.45, 2.75) is 6.42 Å². The summed E-state index contributed by atoms with van der Waals surface area (Å²) in [6, 6.07) is 0. The van der Waals surface area contributed by atoms with E-state index in [-0.39, 0.29) is 6.61 Å². The Kier molecular flexibility index (Phi) is 6.11. The first kappa shape index (κ1) is 9.39. The molecule has 0 saturated heterocycles. The lowest BCUT2D eigenvalue weighted by atomic mass is 10.5. The van der Waals surface area contributed by atoms with Crippen molar-refractivity contribution in [3.8, 4) is 0 Å². The molecule has 0 amide bonds. The molecule has 4 heteroatoms. The number of hydrogen-bond acceptors (Lipinski definition) is 3. The summed E-state index contributed by atoms with van der Waals surface area (Å²) in [6.07, 6.45) is 0.740. The summed E-state index contributed by atoms with van der Waals surface area (Å²) < 4.78 is 9.44. The van der Waals surface area contributed by atoms with Crippen molar-refractivity contribution < 1.29 is 19.4 Å². The summed E-state index contributed by atoms with van der Waals surface area (Å²) in [6.45, 7) is 0.837. The van der Waals surface area contributed by atoms with Crippen LogP contribution in [0.2, 0.25) is 0 Å². The van der Waals surface area contributed by atoms with Crippen molar-refractivity contribution in [2.75, 3.05) is 26.9 Å². The lowest BCUT2D eigenvalue weighted by Gasteiger charge is -1.98. The highest BCUT2D eigenvalue weighted by molar-refractivity contribution is 5.67. The Hall–Kier alpha value is -0.610. The second-order valence-electron chi connectivity index (χ2n) is 1.79. The highest BCUT2D eigenvalue weighted by Gasteiger charge is 1.94. The first-order chi connectivity index (χ1) is 4.77. The zero-order valence-corrected chi connectivity index (χ0v) is 6.00. The van der Waals surface area contributed by atoms with Gasteiger partial charge in [0.2, 0.25) is 0 Å². The molecule has 0 aromatic heterocycles. The van der Waals surface area contributed by atoms with Crippen molar-refractivity contribution in [1.29, 1.82) is 0 Å². The predicted molar refractivity (Wildman–Crippen MR) is 34.9 cm³/mol. The fourth-order valence-corrected chi connectivity index (χ4v) is 0.465. The molecule has 10 heavy (non-hydrogen) atoms. The third kappa shape index (κ3) is 7.39. The smallest absolute Gasteiger partial charge is 0.329 e. The highest BCUT2D eigenvalue weighted by atomic mass is 16.5. The molecule has 0 aromatic carbocycles. The van der Waals surface area contributed by atoms with E-state index in [0.717, 1.165) is 6.42 Å². The molecule has 0 radical (unpaired) electrons. The van der Waals surface area contributed by atoms with E-state index in [1.165, 1.54) is 0 Å². The van der Waals surface area contributed by atoms with Crippen LogP contribution in [0.3, 0.4) is 0 Å². The van der Waals surface area contributed by atoms with Crippen LogP contribution < -0.4 is 0 Å². The summed E-state index contributed by atoms with van der Waals surface area (Å²) >= 11 is 0. The Morgan fingerprint density at radius 1 is 1.50 bits per heavy atom. The van der Waals surface area contributed by atoms with Gasteiger partial charge in [-0.1, -0.05) is 0 Å². The number of carbonyl (C=O) groups is 1. The van der Waals surface area contributed by atoms with E-state index >= 15 is 0 Å². The van der Waals surface area contributed by atoms with Crippen LogP contribution in [0.1, 0.15) is 6.42 Å². The molecule has 60 valence electrons. The summed E-state index contributed by atoms with van der Waals surface area (Å²) in [4.78, 5) is 9.88. The standard InChI is InChI=1S/C6H12O4/c1-9-3-2-4-10-5-6(7)8/h2-5H2,1H3,(H,7,8). The fraction of sp³-hybridized carbons (Fsp3) is 0.833. The molecule has 0 aliphatic carbocycles. The Balaban J connectivity index is 2.84. The van der Waals surface area contributed by atoms with Gasteiger partial charge in [0.25, 0.3) is 0 Å². The number of carboxylic acids is 1. The first-order valence-electron chi connectivity index (χ1n) is 3.06. The average molecular weight is 148 g/mol. The average Bonchev–Trinajstić information content (AvgIpc) is 1.87. The maximum absolute atomic E-state index is 9.88. The lowest BCUT2D eigenvalue weighted by molar-refractivity contribution is -0.142. The molecule has 0 heterocycles. The Morgan fingerprint density at radius 2 is 2.20 bits per heavy atom. The number of rotatable bonds is 6. The molecule has 0 aliphatic heterocycles. The Morgan fingerprint density at radius 3 is 2.70 bits per heavy atom. The summed E-state index contributed by atoms with van der Waals surface area (Å²) in [5.41, 5.74) is 0. The number of carboxylic acid groups (broad SMARTS) is 1. The van der Waals surface area contributed by atoms with Crippen LogP contribution in [0.15, 0.2) is 0 Å². The Bertz CT molecular complexity index is 91.7. The number of aliphatic carboxylic acids is 1. The quantitative estimate of drug-likeness (QED) is 0.544. The van der Waals surface area contributed by atoms with Gasteiger partial charge in [0.15, 0.2) is 0 Å². The third-order valence-electron chi connectivity index (χ3n) is 0.863. The van der Waals surface area contributed by atoms with E-state index in [0.29, 0.717) is 13.2 Å². The summed E-state index contributed by atoms with van der Waals surface area (Å²) in [5, 5.41) is 8.11. The molecule has 0 aliphatic rings.